The van der Waals surface area contributed by atoms with Crippen LogP contribution in [0, 0.1) is 5.92 Å². The smallest absolute Gasteiger partial charge is 0.225 e. The highest BCUT2D eigenvalue weighted by Gasteiger charge is 2.29. The maximum Gasteiger partial charge on any atom is 0.225 e. The quantitative estimate of drug-likeness (QED) is 0.644. The zero-order valence-corrected chi connectivity index (χ0v) is 18.0. The van der Waals surface area contributed by atoms with E-state index in [4.69, 9.17) is 0 Å². The molecule has 0 radical (unpaired) electrons. The van der Waals surface area contributed by atoms with Gasteiger partial charge in [-0.1, -0.05) is 49.6 Å². The zero-order chi connectivity index (χ0) is 20.3. The molecule has 0 spiro atoms. The highest BCUT2D eigenvalue weighted by molar-refractivity contribution is 7.17. The molecule has 1 N–H and O–H groups in total. The number of nitrogens with one attached hydrogen (secondary N) is 1. The summed E-state index contributed by atoms with van der Waals surface area (Å²) in [6.45, 7) is 1.66. The third kappa shape index (κ3) is 3.93. The molecule has 30 heavy (non-hydrogen) atoms. The van der Waals surface area contributed by atoms with Gasteiger partial charge in [0.05, 0.1) is 11.3 Å². The van der Waals surface area contributed by atoms with Gasteiger partial charge in [-0.2, -0.15) is 0 Å². The van der Waals surface area contributed by atoms with Crippen molar-refractivity contribution in [3.63, 3.8) is 0 Å². The maximum absolute atomic E-state index is 13.0. The van der Waals surface area contributed by atoms with Gasteiger partial charge in [0.1, 0.15) is 17.0 Å². The first-order chi connectivity index (χ1) is 14.8. The molecule has 3 heterocycles. The fourth-order valence-electron chi connectivity index (χ4n) is 4.88. The van der Waals surface area contributed by atoms with Crippen molar-refractivity contribution in [3.05, 3.63) is 42.0 Å². The molecule has 2 fully saturated rings. The van der Waals surface area contributed by atoms with Crippen molar-refractivity contribution in [2.75, 3.05) is 18.0 Å². The van der Waals surface area contributed by atoms with Crippen LogP contribution < -0.4 is 10.2 Å². The van der Waals surface area contributed by atoms with Crippen molar-refractivity contribution in [1.29, 1.82) is 0 Å². The van der Waals surface area contributed by atoms with E-state index >= 15 is 0 Å². The lowest BCUT2D eigenvalue weighted by Crippen LogP contribution is -2.46. The average Bonchev–Trinajstić information content (AvgIpc) is 3.25. The zero-order valence-electron chi connectivity index (χ0n) is 17.2. The van der Waals surface area contributed by atoms with Gasteiger partial charge in [-0.3, -0.25) is 4.79 Å². The molecular weight excluding hydrogens is 392 g/mol. The molecule has 2 aliphatic rings. The standard InChI is InChI=1S/C24H28N4OS/c29-23(27-19-11-5-2-6-12-19)18-10-7-13-28(14-18)22-21-20(17-8-3-1-4-9-17)15-30-24(21)26-16-25-22/h1,3-4,8-9,15-16,18-19H,2,5-7,10-14H2,(H,27,29). The minimum atomic E-state index is 0.0319. The first-order valence-electron chi connectivity index (χ1n) is 11.1. The van der Waals surface area contributed by atoms with E-state index < -0.39 is 0 Å². The van der Waals surface area contributed by atoms with E-state index in [-0.39, 0.29) is 11.8 Å². The summed E-state index contributed by atoms with van der Waals surface area (Å²) >= 11 is 1.66. The molecule has 1 aliphatic carbocycles. The van der Waals surface area contributed by atoms with Crippen LogP contribution in [0.25, 0.3) is 21.3 Å². The van der Waals surface area contributed by atoms with Gasteiger partial charge in [-0.25, -0.2) is 9.97 Å². The number of hydrogen-bond acceptors (Lipinski definition) is 5. The van der Waals surface area contributed by atoms with E-state index in [0.29, 0.717) is 6.04 Å². The van der Waals surface area contributed by atoms with Gasteiger partial charge in [0, 0.05) is 30.1 Å². The van der Waals surface area contributed by atoms with Crippen molar-refractivity contribution >= 4 is 33.3 Å². The number of hydrogen-bond donors (Lipinski definition) is 1. The van der Waals surface area contributed by atoms with E-state index in [0.717, 1.165) is 54.8 Å². The molecule has 1 amide bonds. The summed E-state index contributed by atoms with van der Waals surface area (Å²) in [6.07, 6.45) is 9.67. The Morgan fingerprint density at radius 3 is 2.70 bits per heavy atom. The number of amides is 1. The van der Waals surface area contributed by atoms with Crippen LogP contribution in [-0.4, -0.2) is 35.0 Å². The van der Waals surface area contributed by atoms with Gasteiger partial charge >= 0.3 is 0 Å². The highest BCUT2D eigenvalue weighted by Crippen LogP contribution is 2.38. The van der Waals surface area contributed by atoms with Crippen molar-refractivity contribution in [3.8, 4) is 11.1 Å². The first kappa shape index (κ1) is 19.5. The molecule has 0 bridgehead atoms. The minimum Gasteiger partial charge on any atom is -0.355 e. The lowest BCUT2D eigenvalue weighted by atomic mass is 9.93. The van der Waals surface area contributed by atoms with Crippen LogP contribution >= 0.6 is 11.3 Å². The van der Waals surface area contributed by atoms with Crippen molar-refractivity contribution < 1.29 is 4.79 Å². The Morgan fingerprint density at radius 2 is 1.87 bits per heavy atom. The van der Waals surface area contributed by atoms with Crippen LogP contribution in [0.4, 0.5) is 5.82 Å². The second-order valence-corrected chi connectivity index (χ2v) is 9.38. The number of carbonyl (C=O) groups excluding carboxylic acids is 1. The summed E-state index contributed by atoms with van der Waals surface area (Å²) in [7, 11) is 0. The number of anilines is 1. The van der Waals surface area contributed by atoms with E-state index in [2.05, 4.69) is 49.8 Å². The van der Waals surface area contributed by atoms with Crippen molar-refractivity contribution in [2.45, 2.75) is 51.0 Å². The molecule has 1 atom stereocenters. The minimum absolute atomic E-state index is 0.0319. The number of fused-ring (bicyclic) bond motifs is 1. The largest absolute Gasteiger partial charge is 0.355 e. The van der Waals surface area contributed by atoms with E-state index in [9.17, 15) is 4.79 Å². The second kappa shape index (κ2) is 8.72. The SMILES string of the molecule is O=C(NC1CCCCC1)C1CCCN(c2ncnc3scc(-c4ccccc4)c23)C1. The van der Waals surface area contributed by atoms with E-state index in [1.54, 1.807) is 17.7 Å². The fourth-order valence-corrected chi connectivity index (χ4v) is 5.79. The lowest BCUT2D eigenvalue weighted by Gasteiger charge is -2.34. The predicted octanol–water partition coefficient (Wildman–Crippen LogP) is 5.02. The third-order valence-corrected chi connectivity index (χ3v) is 7.36. The highest BCUT2D eigenvalue weighted by atomic mass is 32.1. The van der Waals surface area contributed by atoms with Gasteiger partial charge in [-0.05, 0) is 31.2 Å². The molecule has 1 unspecified atom stereocenters. The lowest BCUT2D eigenvalue weighted by molar-refractivity contribution is -0.126. The topological polar surface area (TPSA) is 58.1 Å². The van der Waals surface area contributed by atoms with Crippen LogP contribution in [0.2, 0.25) is 0 Å². The van der Waals surface area contributed by atoms with Gasteiger partial charge in [0.15, 0.2) is 0 Å². The molecule has 5 rings (SSSR count). The second-order valence-electron chi connectivity index (χ2n) is 8.52. The summed E-state index contributed by atoms with van der Waals surface area (Å²) in [4.78, 5) is 25.5. The molecule has 3 aromatic rings. The molecule has 156 valence electrons. The first-order valence-corrected chi connectivity index (χ1v) is 12.0. The van der Waals surface area contributed by atoms with Crippen LogP contribution in [0.5, 0.6) is 0 Å². The number of carbonyl (C=O) groups is 1. The normalized spacial score (nSPS) is 20.4. The monoisotopic (exact) mass is 420 g/mol. The molecular formula is C24H28N4OS. The molecule has 2 aromatic heterocycles. The Hall–Kier alpha value is -2.47. The van der Waals surface area contributed by atoms with Crippen LogP contribution in [0.1, 0.15) is 44.9 Å². The molecule has 1 saturated carbocycles. The van der Waals surface area contributed by atoms with Gasteiger partial charge < -0.3 is 10.2 Å². The molecule has 5 nitrogen and oxygen atoms in total. The van der Waals surface area contributed by atoms with Crippen LogP contribution in [0.15, 0.2) is 42.0 Å². The van der Waals surface area contributed by atoms with Gasteiger partial charge in [-0.15, -0.1) is 11.3 Å². The Balaban J connectivity index is 1.40. The molecule has 6 heteroatoms. The van der Waals surface area contributed by atoms with Crippen molar-refractivity contribution in [2.24, 2.45) is 5.92 Å². The van der Waals surface area contributed by atoms with E-state index in [1.165, 1.54) is 30.4 Å². The number of rotatable bonds is 4. The number of piperidine rings is 1. The molecule has 1 aromatic carbocycles. The van der Waals surface area contributed by atoms with Crippen LogP contribution in [0.3, 0.4) is 0 Å². The maximum atomic E-state index is 13.0. The average molecular weight is 421 g/mol. The van der Waals surface area contributed by atoms with E-state index in [1.807, 2.05) is 6.07 Å². The predicted molar refractivity (Wildman–Crippen MR) is 123 cm³/mol. The van der Waals surface area contributed by atoms with Gasteiger partial charge in [0.2, 0.25) is 5.91 Å². The number of thiophene rings is 1. The van der Waals surface area contributed by atoms with Gasteiger partial charge in [0.25, 0.3) is 0 Å². The Kier molecular flexibility index (Phi) is 5.67. The number of benzene rings is 1. The third-order valence-electron chi connectivity index (χ3n) is 6.48. The summed E-state index contributed by atoms with van der Waals surface area (Å²) in [5, 5.41) is 6.62. The fraction of sp³-hybridized carbons (Fsp3) is 0.458. The Morgan fingerprint density at radius 1 is 1.03 bits per heavy atom. The van der Waals surface area contributed by atoms with Crippen molar-refractivity contribution in [1.82, 2.24) is 15.3 Å². The summed E-state index contributed by atoms with van der Waals surface area (Å²) in [6, 6.07) is 10.8. The Labute approximate surface area is 181 Å². The molecule has 1 saturated heterocycles. The van der Waals surface area contributed by atoms with Crippen LogP contribution in [-0.2, 0) is 4.79 Å². The molecule has 1 aliphatic heterocycles. The Bertz CT molecular complexity index is 1010. The summed E-state index contributed by atoms with van der Waals surface area (Å²) in [5.41, 5.74) is 2.36. The number of nitrogens with zero attached hydrogens (tertiary/aromatic N) is 3. The number of aromatic nitrogens is 2. The summed E-state index contributed by atoms with van der Waals surface area (Å²) < 4.78 is 0. The summed E-state index contributed by atoms with van der Waals surface area (Å²) in [5.74, 6) is 1.23.